The van der Waals surface area contributed by atoms with Crippen LogP contribution in [0.3, 0.4) is 0 Å². The Labute approximate surface area is 132 Å². The Kier molecular flexibility index (Phi) is 3.73. The van der Waals surface area contributed by atoms with Gasteiger partial charge in [-0.2, -0.15) is 4.98 Å². The van der Waals surface area contributed by atoms with Crippen LogP contribution in [0.25, 0.3) is 10.9 Å². The predicted octanol–water partition coefficient (Wildman–Crippen LogP) is 5.07. The summed E-state index contributed by atoms with van der Waals surface area (Å²) in [5.74, 6) is -1.23. The highest BCUT2D eigenvalue weighted by molar-refractivity contribution is 9.10. The molecule has 0 unspecified atom stereocenters. The van der Waals surface area contributed by atoms with Gasteiger partial charge in [0.1, 0.15) is 11.5 Å². The average molecular weight is 371 g/mol. The zero-order valence-electron chi connectivity index (χ0n) is 10.4. The van der Waals surface area contributed by atoms with Gasteiger partial charge in [0.2, 0.25) is 5.28 Å². The standard InChI is InChI=1S/C14H7BrClF2N3/c15-7-5-9(17)12(10(18)6-7)20-13-8-3-1-2-4-11(8)19-14(16)21-13/h1-6H,(H,19,20,21). The van der Waals surface area contributed by atoms with Crippen LogP contribution in [0.15, 0.2) is 40.9 Å². The molecule has 1 N–H and O–H groups in total. The van der Waals surface area contributed by atoms with E-state index in [9.17, 15) is 8.78 Å². The lowest BCUT2D eigenvalue weighted by atomic mass is 10.2. The van der Waals surface area contributed by atoms with Crippen LogP contribution in [-0.4, -0.2) is 9.97 Å². The van der Waals surface area contributed by atoms with E-state index in [1.807, 2.05) is 0 Å². The van der Waals surface area contributed by atoms with E-state index in [0.29, 0.717) is 15.4 Å². The smallest absolute Gasteiger partial charge is 0.224 e. The molecule has 21 heavy (non-hydrogen) atoms. The van der Waals surface area contributed by atoms with Crippen molar-refractivity contribution in [3.05, 3.63) is 57.8 Å². The molecule has 1 aromatic heterocycles. The molecule has 0 aliphatic heterocycles. The number of hydrogen-bond acceptors (Lipinski definition) is 3. The Bertz CT molecular complexity index is 819. The van der Waals surface area contributed by atoms with Crippen molar-refractivity contribution in [2.75, 3.05) is 5.32 Å². The Morgan fingerprint density at radius 1 is 1.05 bits per heavy atom. The van der Waals surface area contributed by atoms with E-state index in [-0.39, 0.29) is 16.8 Å². The molecule has 3 nitrogen and oxygen atoms in total. The summed E-state index contributed by atoms with van der Waals surface area (Å²) in [6, 6.07) is 9.37. The van der Waals surface area contributed by atoms with Crippen LogP contribution >= 0.6 is 27.5 Å². The highest BCUT2D eigenvalue weighted by Gasteiger charge is 2.14. The first-order valence-electron chi connectivity index (χ1n) is 5.88. The van der Waals surface area contributed by atoms with E-state index in [1.54, 1.807) is 24.3 Å². The van der Waals surface area contributed by atoms with Crippen molar-refractivity contribution in [1.29, 1.82) is 0 Å². The lowest BCUT2D eigenvalue weighted by Gasteiger charge is -2.11. The topological polar surface area (TPSA) is 37.8 Å². The average Bonchev–Trinajstić information content (AvgIpc) is 2.42. The van der Waals surface area contributed by atoms with E-state index in [1.165, 1.54) is 0 Å². The maximum atomic E-state index is 13.9. The third-order valence-electron chi connectivity index (χ3n) is 2.83. The van der Waals surface area contributed by atoms with Crippen molar-refractivity contribution in [2.45, 2.75) is 0 Å². The van der Waals surface area contributed by atoms with Crippen molar-refractivity contribution in [3.63, 3.8) is 0 Å². The van der Waals surface area contributed by atoms with Crippen LogP contribution < -0.4 is 5.32 Å². The quantitative estimate of drug-likeness (QED) is 0.640. The molecule has 0 spiro atoms. The molecule has 1 heterocycles. The number of para-hydroxylation sites is 1. The molecule has 3 rings (SSSR count). The molecule has 3 aromatic rings. The largest absolute Gasteiger partial charge is 0.335 e. The monoisotopic (exact) mass is 369 g/mol. The molecule has 0 saturated heterocycles. The molecule has 0 fully saturated rings. The van der Waals surface area contributed by atoms with Gasteiger partial charge in [-0.1, -0.05) is 28.1 Å². The van der Waals surface area contributed by atoms with E-state index in [4.69, 9.17) is 11.6 Å². The summed E-state index contributed by atoms with van der Waals surface area (Å²) in [6.45, 7) is 0. The van der Waals surface area contributed by atoms with Gasteiger partial charge in [-0.25, -0.2) is 13.8 Å². The maximum absolute atomic E-state index is 13.9. The maximum Gasteiger partial charge on any atom is 0.224 e. The lowest BCUT2D eigenvalue weighted by molar-refractivity contribution is 0.589. The number of benzene rings is 2. The third kappa shape index (κ3) is 2.82. The SMILES string of the molecule is Fc1cc(Br)cc(F)c1Nc1nc(Cl)nc2ccccc12. The second kappa shape index (κ2) is 5.54. The number of fused-ring (bicyclic) bond motifs is 1. The van der Waals surface area contributed by atoms with Gasteiger partial charge in [-0.3, -0.25) is 0 Å². The molecule has 0 atom stereocenters. The normalized spacial score (nSPS) is 10.9. The molecule has 0 bridgehead atoms. The number of aromatic nitrogens is 2. The van der Waals surface area contributed by atoms with Gasteiger partial charge in [-0.05, 0) is 35.9 Å². The van der Waals surface area contributed by atoms with Gasteiger partial charge in [0, 0.05) is 9.86 Å². The first-order valence-corrected chi connectivity index (χ1v) is 7.05. The van der Waals surface area contributed by atoms with Gasteiger partial charge in [-0.15, -0.1) is 0 Å². The minimum absolute atomic E-state index is 0.00544. The third-order valence-corrected chi connectivity index (χ3v) is 3.45. The van der Waals surface area contributed by atoms with Crippen LogP contribution in [0.1, 0.15) is 0 Å². The zero-order chi connectivity index (χ0) is 15.0. The Morgan fingerprint density at radius 3 is 2.43 bits per heavy atom. The number of anilines is 2. The van der Waals surface area contributed by atoms with E-state index >= 15 is 0 Å². The minimum atomic E-state index is -0.735. The van der Waals surface area contributed by atoms with Crippen LogP contribution in [0.5, 0.6) is 0 Å². The van der Waals surface area contributed by atoms with E-state index in [2.05, 4.69) is 31.2 Å². The summed E-state index contributed by atoms with van der Waals surface area (Å²) in [5, 5.41) is 3.25. The summed E-state index contributed by atoms with van der Waals surface area (Å²) >= 11 is 8.87. The van der Waals surface area contributed by atoms with Crippen LogP contribution in [0.2, 0.25) is 5.28 Å². The van der Waals surface area contributed by atoms with E-state index < -0.39 is 11.6 Å². The zero-order valence-corrected chi connectivity index (χ0v) is 12.7. The van der Waals surface area contributed by atoms with Gasteiger partial charge >= 0.3 is 0 Å². The van der Waals surface area contributed by atoms with Crippen molar-refractivity contribution in [3.8, 4) is 0 Å². The van der Waals surface area contributed by atoms with Gasteiger partial charge < -0.3 is 5.32 Å². The number of nitrogens with zero attached hydrogens (tertiary/aromatic N) is 2. The molecule has 0 saturated carbocycles. The Morgan fingerprint density at radius 2 is 1.71 bits per heavy atom. The fourth-order valence-corrected chi connectivity index (χ4v) is 2.50. The summed E-state index contributed by atoms with van der Waals surface area (Å²) in [4.78, 5) is 8.06. The number of rotatable bonds is 2. The Balaban J connectivity index is 2.15. The molecule has 7 heteroatoms. The molecule has 0 radical (unpaired) electrons. The molecule has 106 valence electrons. The van der Waals surface area contributed by atoms with Gasteiger partial charge in [0.15, 0.2) is 11.6 Å². The van der Waals surface area contributed by atoms with Crippen molar-refractivity contribution >= 4 is 49.9 Å². The molecule has 0 aliphatic rings. The molecule has 2 aromatic carbocycles. The van der Waals surface area contributed by atoms with Crippen LogP contribution in [0, 0.1) is 11.6 Å². The first-order chi connectivity index (χ1) is 10.0. The highest BCUT2D eigenvalue weighted by atomic mass is 79.9. The van der Waals surface area contributed by atoms with Crippen molar-refractivity contribution in [2.24, 2.45) is 0 Å². The molecule has 0 amide bonds. The summed E-state index contributed by atoms with van der Waals surface area (Å²) in [5.41, 5.74) is 0.288. The number of nitrogens with one attached hydrogen (secondary N) is 1. The van der Waals surface area contributed by atoms with Gasteiger partial charge in [0.25, 0.3) is 0 Å². The van der Waals surface area contributed by atoms with Crippen molar-refractivity contribution < 1.29 is 8.78 Å². The minimum Gasteiger partial charge on any atom is -0.335 e. The number of halogens is 4. The molecular formula is C14H7BrClF2N3. The number of hydrogen-bond donors (Lipinski definition) is 1. The highest BCUT2D eigenvalue weighted by Crippen LogP contribution is 2.29. The summed E-state index contributed by atoms with van der Waals surface area (Å²) in [6.07, 6.45) is 0. The lowest BCUT2D eigenvalue weighted by Crippen LogP contribution is -2.01. The van der Waals surface area contributed by atoms with Gasteiger partial charge in [0.05, 0.1) is 5.52 Å². The fraction of sp³-hybridized carbons (Fsp3) is 0. The fourth-order valence-electron chi connectivity index (χ4n) is 1.92. The van der Waals surface area contributed by atoms with Crippen molar-refractivity contribution in [1.82, 2.24) is 9.97 Å². The van der Waals surface area contributed by atoms with E-state index in [0.717, 1.165) is 12.1 Å². The Hall–Kier alpha value is -1.79. The first kappa shape index (κ1) is 14.2. The molecular weight excluding hydrogens is 364 g/mol. The van der Waals surface area contributed by atoms with Crippen LogP contribution in [0.4, 0.5) is 20.3 Å². The second-order valence-electron chi connectivity index (χ2n) is 4.23. The molecule has 0 aliphatic carbocycles. The predicted molar refractivity (Wildman–Crippen MR) is 81.9 cm³/mol. The van der Waals surface area contributed by atoms with Crippen LogP contribution in [-0.2, 0) is 0 Å². The second-order valence-corrected chi connectivity index (χ2v) is 5.48. The summed E-state index contributed by atoms with van der Waals surface area (Å²) in [7, 11) is 0. The summed E-state index contributed by atoms with van der Waals surface area (Å²) < 4.78 is 28.1.